The SMILES string of the molecule is CCCCCCCCC(O)CN(CCCC(=O)Oc1c(OC)cc(/C=C/C(=O)OCCCN(C)C)cc1OC)CC(O)CCCCCCCC. The summed E-state index contributed by atoms with van der Waals surface area (Å²) in [5.74, 6) is -0.116. The highest BCUT2D eigenvalue weighted by molar-refractivity contribution is 5.87. The predicted molar refractivity (Wildman–Crippen MR) is 202 cm³/mol. The van der Waals surface area contributed by atoms with Gasteiger partial charge in [0.2, 0.25) is 5.75 Å². The molecule has 1 aromatic carbocycles. The summed E-state index contributed by atoms with van der Waals surface area (Å²) in [5, 5.41) is 21.7. The van der Waals surface area contributed by atoms with Crippen LogP contribution in [0.15, 0.2) is 18.2 Å². The molecule has 1 aromatic rings. The fourth-order valence-corrected chi connectivity index (χ4v) is 5.83. The highest BCUT2D eigenvalue weighted by atomic mass is 16.6. The Morgan fingerprint density at radius 3 is 1.76 bits per heavy atom. The van der Waals surface area contributed by atoms with Gasteiger partial charge in [-0.05, 0) is 70.1 Å². The number of aliphatic hydroxyl groups excluding tert-OH is 2. The number of hydrogen-bond donors (Lipinski definition) is 2. The quantitative estimate of drug-likeness (QED) is 0.0350. The number of ether oxygens (including phenoxy) is 4. The molecule has 0 aromatic heterocycles. The average Bonchev–Trinajstić information content (AvgIpc) is 3.08. The van der Waals surface area contributed by atoms with E-state index >= 15 is 0 Å². The van der Waals surface area contributed by atoms with Gasteiger partial charge in [-0.3, -0.25) is 9.69 Å². The van der Waals surface area contributed by atoms with E-state index in [0.717, 1.165) is 51.5 Å². The third-order valence-corrected chi connectivity index (χ3v) is 8.68. The van der Waals surface area contributed by atoms with Crippen LogP contribution in [0.2, 0.25) is 0 Å². The zero-order valence-corrected chi connectivity index (χ0v) is 32.3. The van der Waals surface area contributed by atoms with Crippen LogP contribution >= 0.6 is 0 Å². The van der Waals surface area contributed by atoms with Crippen molar-refractivity contribution >= 4 is 18.0 Å². The van der Waals surface area contributed by atoms with Crippen LogP contribution in [0.4, 0.5) is 0 Å². The van der Waals surface area contributed by atoms with E-state index in [0.29, 0.717) is 49.7 Å². The first-order chi connectivity index (χ1) is 24.1. The number of nitrogens with zero attached hydrogens (tertiary/aromatic N) is 2. The molecular weight excluding hydrogens is 636 g/mol. The Morgan fingerprint density at radius 1 is 0.740 bits per heavy atom. The van der Waals surface area contributed by atoms with Crippen LogP contribution in [0.3, 0.4) is 0 Å². The number of rotatable bonds is 31. The molecule has 0 amide bonds. The highest BCUT2D eigenvalue weighted by Crippen LogP contribution is 2.39. The topological polar surface area (TPSA) is 118 Å². The first-order valence-electron chi connectivity index (χ1n) is 19.2. The van der Waals surface area contributed by atoms with Crippen LogP contribution in [-0.4, -0.2) is 105 Å². The number of unbranched alkanes of at least 4 members (excludes halogenated alkanes) is 10. The number of carbonyl (C=O) groups is 2. The van der Waals surface area contributed by atoms with Gasteiger partial charge in [0, 0.05) is 32.1 Å². The van der Waals surface area contributed by atoms with E-state index in [1.165, 1.54) is 71.7 Å². The molecule has 10 nitrogen and oxygen atoms in total. The Kier molecular flexibility index (Phi) is 26.3. The second-order valence-corrected chi connectivity index (χ2v) is 13.7. The fourth-order valence-electron chi connectivity index (χ4n) is 5.83. The Balaban J connectivity index is 2.76. The van der Waals surface area contributed by atoms with Crippen LogP contribution in [0, 0.1) is 0 Å². The highest BCUT2D eigenvalue weighted by Gasteiger charge is 2.20. The number of aliphatic hydroxyl groups is 2. The van der Waals surface area contributed by atoms with Crippen molar-refractivity contribution in [2.45, 2.75) is 135 Å². The maximum atomic E-state index is 13.0. The maximum Gasteiger partial charge on any atom is 0.330 e. The van der Waals surface area contributed by atoms with Gasteiger partial charge in [0.15, 0.2) is 11.5 Å². The van der Waals surface area contributed by atoms with Crippen molar-refractivity contribution in [3.05, 3.63) is 23.8 Å². The second-order valence-electron chi connectivity index (χ2n) is 13.7. The first kappa shape index (κ1) is 45.4. The molecule has 50 heavy (non-hydrogen) atoms. The monoisotopic (exact) mass is 707 g/mol. The van der Waals surface area contributed by atoms with E-state index in [-0.39, 0.29) is 12.2 Å². The summed E-state index contributed by atoms with van der Waals surface area (Å²) < 4.78 is 22.0. The third kappa shape index (κ3) is 22.2. The summed E-state index contributed by atoms with van der Waals surface area (Å²) in [6.45, 7) is 7.07. The normalized spacial score (nSPS) is 12.8. The van der Waals surface area contributed by atoms with E-state index in [4.69, 9.17) is 18.9 Å². The molecule has 0 radical (unpaired) electrons. The minimum atomic E-state index is -0.472. The van der Waals surface area contributed by atoms with Gasteiger partial charge in [-0.15, -0.1) is 0 Å². The maximum absolute atomic E-state index is 13.0. The van der Waals surface area contributed by atoms with Crippen molar-refractivity contribution in [3.63, 3.8) is 0 Å². The lowest BCUT2D eigenvalue weighted by atomic mass is 10.1. The molecule has 0 aliphatic carbocycles. The summed E-state index contributed by atoms with van der Waals surface area (Å²) in [6.07, 6.45) is 18.9. The van der Waals surface area contributed by atoms with E-state index in [2.05, 4.69) is 18.7 Å². The van der Waals surface area contributed by atoms with Gasteiger partial charge in [0.1, 0.15) is 0 Å². The van der Waals surface area contributed by atoms with Crippen molar-refractivity contribution in [2.75, 3.05) is 61.1 Å². The molecule has 2 N–H and O–H groups in total. The van der Waals surface area contributed by atoms with Gasteiger partial charge < -0.3 is 34.1 Å². The number of methoxy groups -OCH3 is 2. The average molecular weight is 707 g/mol. The summed E-state index contributed by atoms with van der Waals surface area (Å²) >= 11 is 0. The van der Waals surface area contributed by atoms with Gasteiger partial charge in [-0.25, -0.2) is 4.79 Å². The van der Waals surface area contributed by atoms with Crippen LogP contribution in [0.5, 0.6) is 17.2 Å². The molecule has 288 valence electrons. The molecule has 1 rings (SSSR count). The molecule has 0 saturated carbocycles. The number of carbonyl (C=O) groups excluding carboxylic acids is 2. The van der Waals surface area contributed by atoms with Gasteiger partial charge in [0.25, 0.3) is 0 Å². The Labute approximate surface area is 303 Å². The molecule has 0 heterocycles. The van der Waals surface area contributed by atoms with E-state index < -0.39 is 24.1 Å². The predicted octanol–water partition coefficient (Wildman–Crippen LogP) is 7.42. The third-order valence-electron chi connectivity index (χ3n) is 8.68. The molecule has 0 spiro atoms. The molecule has 0 fully saturated rings. The second kappa shape index (κ2) is 29.0. The Bertz CT molecular complexity index is 1010. The summed E-state index contributed by atoms with van der Waals surface area (Å²) in [5.41, 5.74) is 0.624. The first-order valence-corrected chi connectivity index (χ1v) is 19.2. The van der Waals surface area contributed by atoms with Crippen molar-refractivity contribution in [3.8, 4) is 17.2 Å². The summed E-state index contributed by atoms with van der Waals surface area (Å²) in [6, 6.07) is 3.33. The van der Waals surface area contributed by atoms with Crippen LogP contribution in [-0.2, 0) is 14.3 Å². The summed E-state index contributed by atoms with van der Waals surface area (Å²) in [4.78, 5) is 29.3. The zero-order chi connectivity index (χ0) is 37.0. The van der Waals surface area contributed by atoms with Gasteiger partial charge in [-0.2, -0.15) is 0 Å². The van der Waals surface area contributed by atoms with Gasteiger partial charge >= 0.3 is 11.9 Å². The number of hydrogen-bond acceptors (Lipinski definition) is 10. The largest absolute Gasteiger partial charge is 0.493 e. The van der Waals surface area contributed by atoms with Crippen LogP contribution < -0.4 is 14.2 Å². The van der Waals surface area contributed by atoms with Crippen molar-refractivity contribution in [1.29, 1.82) is 0 Å². The van der Waals surface area contributed by atoms with Crippen molar-refractivity contribution in [1.82, 2.24) is 9.80 Å². The van der Waals surface area contributed by atoms with E-state index in [1.807, 2.05) is 19.0 Å². The van der Waals surface area contributed by atoms with E-state index in [9.17, 15) is 19.8 Å². The molecule has 0 saturated heterocycles. The minimum absolute atomic E-state index is 0.144. The molecule has 0 aliphatic heterocycles. The Hall–Kier alpha value is -2.66. The molecule has 2 unspecified atom stereocenters. The number of esters is 2. The lowest BCUT2D eigenvalue weighted by molar-refractivity contribution is -0.138. The molecule has 10 heteroatoms. The van der Waals surface area contributed by atoms with Crippen LogP contribution in [0.25, 0.3) is 6.08 Å². The van der Waals surface area contributed by atoms with Crippen molar-refractivity contribution in [2.24, 2.45) is 0 Å². The minimum Gasteiger partial charge on any atom is -0.493 e. The zero-order valence-electron chi connectivity index (χ0n) is 32.3. The molecule has 0 aliphatic rings. The summed E-state index contributed by atoms with van der Waals surface area (Å²) in [7, 11) is 6.88. The van der Waals surface area contributed by atoms with Gasteiger partial charge in [-0.1, -0.05) is 90.9 Å². The van der Waals surface area contributed by atoms with Crippen molar-refractivity contribution < 1.29 is 38.7 Å². The van der Waals surface area contributed by atoms with E-state index in [1.54, 1.807) is 18.2 Å². The lowest BCUT2D eigenvalue weighted by Crippen LogP contribution is -2.39. The standard InChI is InChI=1S/C40H70N2O8/c1-7-9-11-13-15-17-21-34(43)31-42(32-35(44)22-18-16-14-12-10-8-2)27-19-23-39(46)50-40-36(47-5)29-33(30-37(40)48-6)24-25-38(45)49-28-20-26-41(3)4/h24-25,29-30,34-35,43-44H,7-23,26-28,31-32H2,1-6H3/b25-24+. The lowest BCUT2D eigenvalue weighted by Gasteiger charge is -2.27. The molecule has 0 bridgehead atoms. The fraction of sp³-hybridized carbons (Fsp3) is 0.750. The Morgan fingerprint density at radius 2 is 1.26 bits per heavy atom. The molecular formula is C40H70N2O8. The molecule has 2 atom stereocenters. The smallest absolute Gasteiger partial charge is 0.330 e. The van der Waals surface area contributed by atoms with Gasteiger partial charge in [0.05, 0.1) is 33.0 Å². The number of benzene rings is 1. The van der Waals surface area contributed by atoms with Crippen LogP contribution in [0.1, 0.15) is 129 Å².